The minimum atomic E-state index is -0.358. The van der Waals surface area contributed by atoms with Gasteiger partial charge >= 0.3 is 7.12 Å². The van der Waals surface area contributed by atoms with E-state index in [4.69, 9.17) is 9.31 Å². The van der Waals surface area contributed by atoms with Gasteiger partial charge in [0.05, 0.1) is 28.4 Å². The second-order valence-electron chi connectivity index (χ2n) is 6.80. The zero-order valence-electron chi connectivity index (χ0n) is 14.0. The lowest BCUT2D eigenvalue weighted by Crippen LogP contribution is -2.41. The summed E-state index contributed by atoms with van der Waals surface area (Å²) in [5.41, 5.74) is 1.38. The largest absolute Gasteiger partial charge is 0.498 e. The summed E-state index contributed by atoms with van der Waals surface area (Å²) >= 11 is 1.72. The molecule has 1 aliphatic rings. The molecule has 0 saturated carbocycles. The number of aromatic nitrogens is 3. The number of aryl methyl sites for hydroxylation is 2. The maximum Gasteiger partial charge on any atom is 0.498 e. The molecular weight excluding hydrogens is 297 g/mol. The van der Waals surface area contributed by atoms with E-state index >= 15 is 0 Å². The van der Waals surface area contributed by atoms with Crippen LogP contribution in [0.4, 0.5) is 0 Å². The lowest BCUT2D eigenvalue weighted by atomic mass is 9.82. The van der Waals surface area contributed by atoms with E-state index < -0.39 is 0 Å². The molecule has 3 heterocycles. The Morgan fingerprint density at radius 1 is 1.18 bits per heavy atom. The van der Waals surface area contributed by atoms with Crippen molar-refractivity contribution < 1.29 is 9.31 Å². The predicted octanol–water partition coefficient (Wildman–Crippen LogP) is 2.30. The first-order chi connectivity index (χ1) is 10.2. The normalized spacial score (nSPS) is 19.8. The Balaban J connectivity index is 1.76. The van der Waals surface area contributed by atoms with Gasteiger partial charge in [-0.15, -0.1) is 11.3 Å². The lowest BCUT2D eigenvalue weighted by molar-refractivity contribution is 0.00578. The molecule has 1 saturated heterocycles. The van der Waals surface area contributed by atoms with Gasteiger partial charge in [0, 0.05) is 22.7 Å². The molecule has 1 aliphatic heterocycles. The third kappa shape index (κ3) is 2.73. The highest BCUT2D eigenvalue weighted by Crippen LogP contribution is 2.36. The first-order valence-electron chi connectivity index (χ1n) is 7.49. The second kappa shape index (κ2) is 5.18. The summed E-state index contributed by atoms with van der Waals surface area (Å²) in [6.45, 7) is 13.0. The van der Waals surface area contributed by atoms with Crippen LogP contribution in [0.3, 0.4) is 0 Å². The highest BCUT2D eigenvalue weighted by molar-refractivity contribution is 7.11. The van der Waals surface area contributed by atoms with Gasteiger partial charge in [-0.1, -0.05) is 0 Å². The molecule has 0 aliphatic carbocycles. The topological polar surface area (TPSA) is 49.2 Å². The van der Waals surface area contributed by atoms with Crippen LogP contribution in [0.1, 0.15) is 43.3 Å². The lowest BCUT2D eigenvalue weighted by Gasteiger charge is -2.32. The van der Waals surface area contributed by atoms with Gasteiger partial charge in [0.25, 0.3) is 0 Å². The first kappa shape index (κ1) is 15.7. The van der Waals surface area contributed by atoms with E-state index in [-0.39, 0.29) is 18.3 Å². The standard InChI is InChI=1S/C15H22BN3O2S/c1-10-13(22-11(2)18-10)9-19-8-12(7-17-19)16-20-14(3,4)15(5,6)21-16/h7-8H,9H2,1-6H3. The van der Waals surface area contributed by atoms with Crippen molar-refractivity contribution in [2.75, 3.05) is 0 Å². The Labute approximate surface area is 135 Å². The zero-order valence-corrected chi connectivity index (χ0v) is 14.8. The Morgan fingerprint density at radius 2 is 1.82 bits per heavy atom. The molecule has 0 bridgehead atoms. The third-order valence-electron chi connectivity index (χ3n) is 4.48. The molecule has 0 amide bonds. The number of hydrogen-bond donors (Lipinski definition) is 0. The molecule has 3 rings (SSSR count). The number of hydrogen-bond acceptors (Lipinski definition) is 5. The molecule has 1 fully saturated rings. The van der Waals surface area contributed by atoms with Gasteiger partial charge in [0.15, 0.2) is 0 Å². The zero-order chi connectivity index (χ0) is 16.1. The summed E-state index contributed by atoms with van der Waals surface area (Å²) in [7, 11) is -0.358. The molecule has 0 N–H and O–H groups in total. The van der Waals surface area contributed by atoms with Crippen LogP contribution in [0, 0.1) is 13.8 Å². The van der Waals surface area contributed by atoms with Crippen LogP contribution >= 0.6 is 11.3 Å². The predicted molar refractivity (Wildman–Crippen MR) is 88.6 cm³/mol. The van der Waals surface area contributed by atoms with Crippen molar-refractivity contribution in [3.05, 3.63) is 28.0 Å². The highest BCUT2D eigenvalue weighted by Gasteiger charge is 2.52. The van der Waals surface area contributed by atoms with E-state index in [0.717, 1.165) is 22.7 Å². The minimum Gasteiger partial charge on any atom is -0.399 e. The van der Waals surface area contributed by atoms with Crippen molar-refractivity contribution >= 4 is 23.9 Å². The summed E-state index contributed by atoms with van der Waals surface area (Å²) in [5, 5.41) is 5.53. The van der Waals surface area contributed by atoms with Crippen molar-refractivity contribution in [1.29, 1.82) is 0 Å². The van der Waals surface area contributed by atoms with Gasteiger partial charge < -0.3 is 9.31 Å². The Morgan fingerprint density at radius 3 is 2.36 bits per heavy atom. The summed E-state index contributed by atoms with van der Waals surface area (Å²) in [6.07, 6.45) is 3.82. The van der Waals surface area contributed by atoms with Crippen LogP contribution < -0.4 is 5.46 Å². The van der Waals surface area contributed by atoms with Crippen LogP contribution in [0.25, 0.3) is 0 Å². The summed E-state index contributed by atoms with van der Waals surface area (Å²) in [6, 6.07) is 0. The van der Waals surface area contributed by atoms with Crippen LogP contribution in [-0.4, -0.2) is 33.1 Å². The second-order valence-corrected chi connectivity index (χ2v) is 8.09. The summed E-state index contributed by atoms with van der Waals surface area (Å²) in [4.78, 5) is 5.69. The number of thiazole rings is 1. The molecule has 2 aromatic heterocycles. The SMILES string of the molecule is Cc1nc(C)c(Cn2cc(B3OC(C)(C)C(C)(C)O3)cn2)s1. The van der Waals surface area contributed by atoms with E-state index in [1.54, 1.807) is 11.3 Å². The molecule has 0 spiro atoms. The van der Waals surface area contributed by atoms with Crippen molar-refractivity contribution in [2.24, 2.45) is 0 Å². The molecule has 0 atom stereocenters. The van der Waals surface area contributed by atoms with Gasteiger partial charge in [-0.3, -0.25) is 4.68 Å². The Kier molecular flexibility index (Phi) is 3.70. The van der Waals surface area contributed by atoms with E-state index in [1.807, 2.05) is 30.9 Å². The molecule has 118 valence electrons. The van der Waals surface area contributed by atoms with Gasteiger partial charge in [0.1, 0.15) is 0 Å². The summed E-state index contributed by atoms with van der Waals surface area (Å²) < 4.78 is 14.0. The fourth-order valence-electron chi connectivity index (χ4n) is 2.43. The average molecular weight is 319 g/mol. The van der Waals surface area contributed by atoms with Crippen molar-refractivity contribution in [2.45, 2.75) is 59.3 Å². The third-order valence-corrected chi connectivity index (χ3v) is 5.54. The molecule has 7 heteroatoms. The molecule has 5 nitrogen and oxygen atoms in total. The maximum absolute atomic E-state index is 6.06. The van der Waals surface area contributed by atoms with E-state index in [9.17, 15) is 0 Å². The van der Waals surface area contributed by atoms with Crippen LogP contribution in [0.2, 0.25) is 0 Å². The fourth-order valence-corrected chi connectivity index (χ4v) is 3.36. The van der Waals surface area contributed by atoms with Gasteiger partial charge in [-0.05, 0) is 41.5 Å². The van der Waals surface area contributed by atoms with E-state index in [1.165, 1.54) is 4.88 Å². The smallest absolute Gasteiger partial charge is 0.399 e. The quantitative estimate of drug-likeness (QED) is 0.815. The molecule has 2 aromatic rings. The van der Waals surface area contributed by atoms with Crippen LogP contribution in [0.15, 0.2) is 12.4 Å². The first-order valence-corrected chi connectivity index (χ1v) is 8.30. The molecule has 22 heavy (non-hydrogen) atoms. The minimum absolute atomic E-state index is 0.328. The van der Waals surface area contributed by atoms with Crippen LogP contribution in [-0.2, 0) is 15.9 Å². The molecular formula is C15H22BN3O2S. The maximum atomic E-state index is 6.06. The Bertz CT molecular complexity index is 677. The number of rotatable bonds is 3. The molecule has 0 radical (unpaired) electrons. The van der Waals surface area contributed by atoms with Crippen LogP contribution in [0.5, 0.6) is 0 Å². The van der Waals surface area contributed by atoms with Gasteiger partial charge in [-0.2, -0.15) is 5.10 Å². The average Bonchev–Trinajstić information content (AvgIpc) is 3.00. The van der Waals surface area contributed by atoms with Crippen molar-refractivity contribution in [3.63, 3.8) is 0 Å². The monoisotopic (exact) mass is 319 g/mol. The Hall–Kier alpha value is -1.18. The van der Waals surface area contributed by atoms with Gasteiger partial charge in [0.2, 0.25) is 0 Å². The highest BCUT2D eigenvalue weighted by atomic mass is 32.1. The van der Waals surface area contributed by atoms with E-state index in [2.05, 4.69) is 37.8 Å². The molecule has 0 aromatic carbocycles. The van der Waals surface area contributed by atoms with Crippen molar-refractivity contribution in [3.8, 4) is 0 Å². The molecule has 0 unspecified atom stereocenters. The summed E-state index contributed by atoms with van der Waals surface area (Å²) in [5.74, 6) is 0. The van der Waals surface area contributed by atoms with E-state index in [0.29, 0.717) is 0 Å². The fraction of sp³-hybridized carbons (Fsp3) is 0.600. The number of nitrogens with zero attached hydrogens (tertiary/aromatic N) is 3. The van der Waals surface area contributed by atoms with Gasteiger partial charge in [-0.25, -0.2) is 4.98 Å². The van der Waals surface area contributed by atoms with Crippen molar-refractivity contribution in [1.82, 2.24) is 14.8 Å².